The summed E-state index contributed by atoms with van der Waals surface area (Å²) in [7, 11) is 3.79. The van der Waals surface area contributed by atoms with Crippen LogP contribution in [0.2, 0.25) is 0 Å². The molecule has 1 aromatic heterocycles. The van der Waals surface area contributed by atoms with Crippen LogP contribution in [0.3, 0.4) is 0 Å². The average molecular weight is 370 g/mol. The lowest BCUT2D eigenvalue weighted by Gasteiger charge is -2.27. The van der Waals surface area contributed by atoms with Gasteiger partial charge >= 0.3 is 0 Å². The Morgan fingerprint density at radius 1 is 1.19 bits per heavy atom. The SMILES string of the molecule is CN1C(=O)C[C@@H](CN[C@H]2CCC[C@@H]2c2ccc(F)cc2)[C@@H]1c1cnn(C)c1. The number of aromatic nitrogens is 2. The third-order valence-electron chi connectivity index (χ3n) is 6.22. The minimum Gasteiger partial charge on any atom is -0.338 e. The van der Waals surface area contributed by atoms with Crippen molar-refractivity contribution in [1.82, 2.24) is 20.0 Å². The summed E-state index contributed by atoms with van der Waals surface area (Å²) < 4.78 is 15.0. The molecule has 1 saturated heterocycles. The summed E-state index contributed by atoms with van der Waals surface area (Å²) in [6.45, 7) is 0.804. The van der Waals surface area contributed by atoms with Crippen LogP contribution in [0.1, 0.15) is 48.8 Å². The number of amides is 1. The van der Waals surface area contributed by atoms with Gasteiger partial charge in [0.1, 0.15) is 5.82 Å². The molecule has 5 nitrogen and oxygen atoms in total. The highest BCUT2D eigenvalue weighted by Gasteiger charge is 2.39. The van der Waals surface area contributed by atoms with Crippen LogP contribution >= 0.6 is 0 Å². The number of halogens is 1. The summed E-state index contributed by atoms with van der Waals surface area (Å²) in [5.74, 6) is 0.656. The average Bonchev–Trinajstić information content (AvgIpc) is 3.34. The second kappa shape index (κ2) is 7.43. The molecule has 1 aliphatic carbocycles. The number of carbonyl (C=O) groups excluding carboxylic acids is 1. The Morgan fingerprint density at radius 3 is 2.67 bits per heavy atom. The predicted octanol–water partition coefficient (Wildman–Crippen LogP) is 3.00. The summed E-state index contributed by atoms with van der Waals surface area (Å²) >= 11 is 0. The minimum absolute atomic E-state index is 0.0735. The normalized spacial score (nSPS) is 28.3. The molecule has 4 atom stereocenters. The first-order chi connectivity index (χ1) is 13.0. The van der Waals surface area contributed by atoms with Gasteiger partial charge in [-0.15, -0.1) is 0 Å². The maximum Gasteiger partial charge on any atom is 0.223 e. The number of rotatable bonds is 5. The third kappa shape index (κ3) is 3.63. The Kier molecular flexibility index (Phi) is 5.00. The summed E-state index contributed by atoms with van der Waals surface area (Å²) in [6, 6.07) is 7.37. The van der Waals surface area contributed by atoms with Crippen molar-refractivity contribution in [3.05, 3.63) is 53.6 Å². The predicted molar refractivity (Wildman–Crippen MR) is 102 cm³/mol. The number of benzene rings is 1. The number of aryl methyl sites for hydroxylation is 1. The van der Waals surface area contributed by atoms with Crippen molar-refractivity contribution in [1.29, 1.82) is 0 Å². The Balaban J connectivity index is 1.45. The molecule has 2 heterocycles. The standard InChI is InChI=1S/C21H27FN4O/c1-25-13-16(12-24-25)21-15(10-20(27)26(21)2)11-23-19-5-3-4-18(19)14-6-8-17(22)9-7-14/h6-9,12-13,15,18-19,21,23H,3-5,10-11H2,1-2H3/t15-,18+,19-,21+/m0/s1. The van der Waals surface area contributed by atoms with E-state index in [1.165, 1.54) is 12.0 Å². The fourth-order valence-corrected chi connectivity index (χ4v) is 4.84. The fourth-order valence-electron chi connectivity index (χ4n) is 4.84. The Bertz CT molecular complexity index is 803. The number of likely N-dealkylation sites (tertiary alicyclic amines) is 1. The fraction of sp³-hybridized carbons (Fsp3) is 0.524. The summed E-state index contributed by atoms with van der Waals surface area (Å²) in [5, 5.41) is 8.01. The van der Waals surface area contributed by atoms with Gasteiger partial charge in [0, 0.05) is 50.8 Å². The van der Waals surface area contributed by atoms with E-state index in [1.54, 1.807) is 16.8 Å². The highest BCUT2D eigenvalue weighted by atomic mass is 19.1. The molecule has 0 unspecified atom stereocenters. The Morgan fingerprint density at radius 2 is 1.96 bits per heavy atom. The molecule has 6 heteroatoms. The Hall–Kier alpha value is -2.21. The van der Waals surface area contributed by atoms with Crippen molar-refractivity contribution < 1.29 is 9.18 Å². The Labute approximate surface area is 159 Å². The van der Waals surface area contributed by atoms with Crippen LogP contribution in [0.25, 0.3) is 0 Å². The molecule has 1 aromatic carbocycles. The minimum atomic E-state index is -0.187. The number of nitrogens with one attached hydrogen (secondary N) is 1. The molecule has 2 aliphatic rings. The summed E-state index contributed by atoms with van der Waals surface area (Å²) in [4.78, 5) is 14.2. The van der Waals surface area contributed by atoms with Gasteiger partial charge in [0.15, 0.2) is 0 Å². The summed E-state index contributed by atoms with van der Waals surface area (Å²) in [5.41, 5.74) is 2.30. The van der Waals surface area contributed by atoms with Gasteiger partial charge in [-0.3, -0.25) is 9.48 Å². The van der Waals surface area contributed by atoms with E-state index in [9.17, 15) is 9.18 Å². The molecule has 0 spiro atoms. The van der Waals surface area contributed by atoms with E-state index in [0.29, 0.717) is 18.4 Å². The maximum atomic E-state index is 13.2. The first kappa shape index (κ1) is 18.2. The van der Waals surface area contributed by atoms with Crippen molar-refractivity contribution in [2.75, 3.05) is 13.6 Å². The molecular formula is C21H27FN4O. The molecule has 4 rings (SSSR count). The monoisotopic (exact) mass is 370 g/mol. The molecule has 1 N–H and O–H groups in total. The van der Waals surface area contributed by atoms with Gasteiger partial charge in [-0.25, -0.2) is 4.39 Å². The van der Waals surface area contributed by atoms with E-state index in [2.05, 4.69) is 10.4 Å². The maximum absolute atomic E-state index is 13.2. The van der Waals surface area contributed by atoms with Gasteiger partial charge in [-0.05, 0) is 36.5 Å². The van der Waals surface area contributed by atoms with E-state index >= 15 is 0 Å². The van der Waals surface area contributed by atoms with Crippen molar-refractivity contribution in [2.24, 2.45) is 13.0 Å². The largest absolute Gasteiger partial charge is 0.338 e. The van der Waals surface area contributed by atoms with E-state index in [-0.39, 0.29) is 23.7 Å². The number of hydrogen-bond acceptors (Lipinski definition) is 3. The van der Waals surface area contributed by atoms with Crippen LogP contribution in [-0.4, -0.2) is 40.2 Å². The van der Waals surface area contributed by atoms with Gasteiger partial charge in [0.2, 0.25) is 5.91 Å². The molecular weight excluding hydrogens is 343 g/mol. The van der Waals surface area contributed by atoms with Gasteiger partial charge in [0.25, 0.3) is 0 Å². The highest BCUT2D eigenvalue weighted by Crippen LogP contribution is 2.38. The molecule has 144 valence electrons. The van der Waals surface area contributed by atoms with Crippen LogP contribution in [0.4, 0.5) is 4.39 Å². The number of hydrogen-bond donors (Lipinski definition) is 1. The number of carbonyl (C=O) groups is 1. The van der Waals surface area contributed by atoms with Crippen LogP contribution in [0.15, 0.2) is 36.7 Å². The molecule has 0 bridgehead atoms. The van der Waals surface area contributed by atoms with Gasteiger partial charge in [-0.1, -0.05) is 18.6 Å². The van der Waals surface area contributed by atoms with Crippen LogP contribution < -0.4 is 5.32 Å². The van der Waals surface area contributed by atoms with Gasteiger partial charge in [-0.2, -0.15) is 5.10 Å². The van der Waals surface area contributed by atoms with E-state index < -0.39 is 0 Å². The zero-order valence-corrected chi connectivity index (χ0v) is 15.9. The topological polar surface area (TPSA) is 50.2 Å². The lowest BCUT2D eigenvalue weighted by atomic mass is 9.92. The summed E-state index contributed by atoms with van der Waals surface area (Å²) in [6.07, 6.45) is 7.86. The molecule has 0 radical (unpaired) electrons. The molecule has 1 amide bonds. The molecule has 1 saturated carbocycles. The third-order valence-corrected chi connectivity index (χ3v) is 6.22. The van der Waals surface area contributed by atoms with Crippen LogP contribution in [0, 0.1) is 11.7 Å². The lowest BCUT2D eigenvalue weighted by molar-refractivity contribution is -0.127. The molecule has 1 aliphatic heterocycles. The lowest BCUT2D eigenvalue weighted by Crippen LogP contribution is -2.36. The number of nitrogens with zero attached hydrogens (tertiary/aromatic N) is 3. The second-order valence-corrected chi connectivity index (χ2v) is 7.96. The highest BCUT2D eigenvalue weighted by molar-refractivity contribution is 5.79. The smallest absolute Gasteiger partial charge is 0.223 e. The van der Waals surface area contributed by atoms with Crippen LogP contribution in [0.5, 0.6) is 0 Å². The molecule has 27 heavy (non-hydrogen) atoms. The van der Waals surface area contributed by atoms with Crippen molar-refractivity contribution in [3.8, 4) is 0 Å². The zero-order chi connectivity index (χ0) is 19.0. The van der Waals surface area contributed by atoms with E-state index in [4.69, 9.17) is 0 Å². The second-order valence-electron chi connectivity index (χ2n) is 7.96. The van der Waals surface area contributed by atoms with E-state index in [1.807, 2.05) is 43.5 Å². The molecule has 2 aromatic rings. The van der Waals surface area contributed by atoms with Crippen molar-refractivity contribution >= 4 is 5.91 Å². The first-order valence-corrected chi connectivity index (χ1v) is 9.76. The molecule has 2 fully saturated rings. The van der Waals surface area contributed by atoms with E-state index in [0.717, 1.165) is 24.9 Å². The van der Waals surface area contributed by atoms with Crippen molar-refractivity contribution in [2.45, 2.75) is 43.7 Å². The van der Waals surface area contributed by atoms with Crippen molar-refractivity contribution in [3.63, 3.8) is 0 Å². The first-order valence-electron chi connectivity index (χ1n) is 9.76. The zero-order valence-electron chi connectivity index (χ0n) is 15.9. The van der Waals surface area contributed by atoms with Gasteiger partial charge in [0.05, 0.1) is 12.2 Å². The van der Waals surface area contributed by atoms with Crippen LogP contribution in [-0.2, 0) is 11.8 Å². The quantitative estimate of drug-likeness (QED) is 0.880. The van der Waals surface area contributed by atoms with Gasteiger partial charge < -0.3 is 10.2 Å².